The van der Waals surface area contributed by atoms with Crippen LogP contribution in [0.3, 0.4) is 0 Å². The van der Waals surface area contributed by atoms with Crippen molar-refractivity contribution in [1.29, 1.82) is 0 Å². The molecule has 29 heavy (non-hydrogen) atoms. The average molecular weight is 442 g/mol. The van der Waals surface area contributed by atoms with Gasteiger partial charge in [0.1, 0.15) is 6.04 Å². The number of hydrogen-bond donors (Lipinski definition) is 1. The number of nitrogens with one attached hydrogen (secondary N) is 1. The molecule has 2 aliphatic rings. The third kappa shape index (κ3) is 4.00. The quantitative estimate of drug-likeness (QED) is 0.775. The average Bonchev–Trinajstić information content (AvgIpc) is 3.31. The topological polar surface area (TPSA) is 62.3 Å². The minimum Gasteiger partial charge on any atom is -0.315 e. The Balaban J connectivity index is 1.42. The Bertz CT molecular complexity index is 962. The number of rotatable bonds is 4. The molecule has 2 fully saturated rings. The van der Waals surface area contributed by atoms with E-state index in [1.165, 1.54) is 17.4 Å². The predicted octanol–water partition coefficient (Wildman–Crippen LogP) is 4.15. The van der Waals surface area contributed by atoms with Crippen molar-refractivity contribution in [2.45, 2.75) is 43.3 Å². The number of alkyl halides is 3. The summed E-state index contributed by atoms with van der Waals surface area (Å²) in [6.07, 6.45) is -1.36. The largest absolute Gasteiger partial charge is 0.416 e. The van der Waals surface area contributed by atoms with Gasteiger partial charge < -0.3 is 10.2 Å². The lowest BCUT2D eigenvalue weighted by Gasteiger charge is -2.29. The minimum absolute atomic E-state index is 0.0120. The van der Waals surface area contributed by atoms with E-state index in [2.05, 4.69) is 10.3 Å². The Morgan fingerprint density at radius 1 is 1.41 bits per heavy atom. The van der Waals surface area contributed by atoms with Crippen LogP contribution >= 0.6 is 23.1 Å². The van der Waals surface area contributed by atoms with E-state index in [9.17, 15) is 22.8 Å². The van der Waals surface area contributed by atoms with E-state index in [-0.39, 0.29) is 16.7 Å². The second kappa shape index (κ2) is 7.32. The number of hydrogen-bond acceptors (Lipinski definition) is 5. The van der Waals surface area contributed by atoms with E-state index in [0.717, 1.165) is 23.4 Å². The van der Waals surface area contributed by atoms with Crippen LogP contribution in [0.1, 0.15) is 35.8 Å². The summed E-state index contributed by atoms with van der Waals surface area (Å²) >= 11 is 2.83. The molecule has 0 aliphatic carbocycles. The highest BCUT2D eigenvalue weighted by Crippen LogP contribution is 2.47. The highest BCUT2D eigenvalue weighted by atomic mass is 32.2. The van der Waals surface area contributed by atoms with Crippen LogP contribution in [0.5, 0.6) is 0 Å². The fourth-order valence-electron chi connectivity index (χ4n) is 3.71. The van der Waals surface area contributed by atoms with Gasteiger partial charge in [-0.15, -0.1) is 23.1 Å². The summed E-state index contributed by atoms with van der Waals surface area (Å²) in [5, 5.41) is 3.13. The number of halogens is 3. The van der Waals surface area contributed by atoms with Crippen molar-refractivity contribution in [3.63, 3.8) is 0 Å². The van der Waals surface area contributed by atoms with E-state index in [4.69, 9.17) is 0 Å². The van der Waals surface area contributed by atoms with Crippen molar-refractivity contribution in [2.24, 2.45) is 0 Å². The van der Waals surface area contributed by atoms with Crippen molar-refractivity contribution in [1.82, 2.24) is 9.88 Å². The summed E-state index contributed by atoms with van der Waals surface area (Å²) in [7, 11) is 0. The van der Waals surface area contributed by atoms with Crippen LogP contribution in [0.2, 0.25) is 0 Å². The van der Waals surface area contributed by atoms with Gasteiger partial charge in [0.05, 0.1) is 10.4 Å². The van der Waals surface area contributed by atoms with Crippen molar-refractivity contribution in [2.75, 3.05) is 11.1 Å². The van der Waals surface area contributed by atoms with Gasteiger partial charge in [0.15, 0.2) is 5.13 Å². The molecule has 154 valence electrons. The second-order valence-electron chi connectivity index (χ2n) is 7.26. The molecule has 5 nitrogen and oxygen atoms in total. The Morgan fingerprint density at radius 2 is 2.21 bits per heavy atom. The summed E-state index contributed by atoms with van der Waals surface area (Å²) in [4.78, 5) is 31.1. The standard InChI is InChI=1S/C19H18F3N3O2S2/c1-18-6-5-15(26)25(18)14(10-28-18)16(27)24-17-23-9-13(29-17)8-11-3-2-4-12(7-11)19(20,21)22/h2-4,7,9,14H,5-6,8,10H2,1H3,(H,23,24,27)/t14-,18-/m1/s1. The molecule has 3 heterocycles. The zero-order chi connectivity index (χ0) is 20.8. The van der Waals surface area contributed by atoms with E-state index < -0.39 is 17.8 Å². The molecule has 1 aromatic heterocycles. The summed E-state index contributed by atoms with van der Waals surface area (Å²) in [5.74, 6) is 0.245. The number of carbonyl (C=O) groups is 2. The van der Waals surface area contributed by atoms with E-state index in [0.29, 0.717) is 29.3 Å². The SMILES string of the molecule is C[C@@]12CCC(=O)N1[C@@H](C(=O)Nc1ncc(Cc3cccc(C(F)(F)F)c3)s1)CS2. The summed E-state index contributed by atoms with van der Waals surface area (Å²) in [5.41, 5.74) is -0.169. The molecular weight excluding hydrogens is 423 g/mol. The van der Waals surface area contributed by atoms with Gasteiger partial charge in [0.2, 0.25) is 11.8 Å². The van der Waals surface area contributed by atoms with Crippen molar-refractivity contribution >= 4 is 40.0 Å². The van der Waals surface area contributed by atoms with Crippen molar-refractivity contribution in [3.05, 3.63) is 46.5 Å². The van der Waals surface area contributed by atoms with Gasteiger partial charge in [-0.2, -0.15) is 13.2 Å². The van der Waals surface area contributed by atoms with Gasteiger partial charge in [0.25, 0.3) is 0 Å². The molecule has 0 unspecified atom stereocenters. The van der Waals surface area contributed by atoms with Crippen LogP contribution in [0, 0.1) is 0 Å². The van der Waals surface area contributed by atoms with Crippen LogP contribution in [0.25, 0.3) is 0 Å². The molecular formula is C19H18F3N3O2S2. The van der Waals surface area contributed by atoms with Gasteiger partial charge in [-0.1, -0.05) is 18.2 Å². The number of anilines is 1. The summed E-state index contributed by atoms with van der Waals surface area (Å²) in [6, 6.07) is 4.63. The van der Waals surface area contributed by atoms with E-state index >= 15 is 0 Å². The molecule has 0 spiro atoms. The normalized spacial score (nSPS) is 24.1. The van der Waals surface area contributed by atoms with Gasteiger partial charge in [-0.3, -0.25) is 9.59 Å². The van der Waals surface area contributed by atoms with Gasteiger partial charge in [-0.05, 0) is 25.0 Å². The number of aromatic nitrogens is 1. The zero-order valence-corrected chi connectivity index (χ0v) is 17.1. The highest BCUT2D eigenvalue weighted by molar-refractivity contribution is 8.01. The lowest BCUT2D eigenvalue weighted by Crippen LogP contribution is -2.48. The number of carbonyl (C=O) groups excluding carboxylic acids is 2. The highest BCUT2D eigenvalue weighted by Gasteiger charge is 2.52. The fraction of sp³-hybridized carbons (Fsp3) is 0.421. The van der Waals surface area contributed by atoms with Gasteiger partial charge in [-0.25, -0.2) is 4.98 Å². The van der Waals surface area contributed by atoms with E-state index in [1.807, 2.05) is 6.92 Å². The smallest absolute Gasteiger partial charge is 0.315 e. The Hall–Kier alpha value is -2.07. The van der Waals surface area contributed by atoms with Crippen molar-refractivity contribution in [3.8, 4) is 0 Å². The van der Waals surface area contributed by atoms with Crippen LogP contribution in [-0.4, -0.2) is 38.4 Å². The monoisotopic (exact) mass is 441 g/mol. The van der Waals surface area contributed by atoms with Crippen molar-refractivity contribution < 1.29 is 22.8 Å². The Labute approximate surface area is 173 Å². The maximum absolute atomic E-state index is 12.9. The third-order valence-corrected chi connectivity index (χ3v) is 7.58. The molecule has 0 radical (unpaired) electrons. The second-order valence-corrected chi connectivity index (χ2v) is 9.88. The number of thioether (sulfide) groups is 1. The molecule has 2 saturated heterocycles. The molecule has 1 aromatic carbocycles. The summed E-state index contributed by atoms with van der Waals surface area (Å²) < 4.78 is 38.6. The first kappa shape index (κ1) is 20.2. The maximum Gasteiger partial charge on any atom is 0.416 e. The Morgan fingerprint density at radius 3 is 2.97 bits per heavy atom. The number of thiazole rings is 1. The molecule has 0 bridgehead atoms. The lowest BCUT2D eigenvalue weighted by molar-refractivity contribution is -0.137. The number of fused-ring (bicyclic) bond motifs is 1. The van der Waals surface area contributed by atoms with E-state index in [1.54, 1.807) is 28.9 Å². The molecule has 2 aromatic rings. The van der Waals surface area contributed by atoms with Gasteiger partial charge >= 0.3 is 6.18 Å². The first-order chi connectivity index (χ1) is 13.7. The van der Waals surface area contributed by atoms with Crippen LogP contribution in [0.4, 0.5) is 18.3 Å². The summed E-state index contributed by atoms with van der Waals surface area (Å²) in [6.45, 7) is 1.98. The molecule has 2 atom stereocenters. The number of benzene rings is 1. The molecule has 1 N–H and O–H groups in total. The zero-order valence-electron chi connectivity index (χ0n) is 15.5. The molecule has 4 rings (SSSR count). The molecule has 2 amide bonds. The van der Waals surface area contributed by atoms with Gasteiger partial charge in [0, 0.05) is 29.7 Å². The predicted molar refractivity (Wildman–Crippen MR) is 106 cm³/mol. The number of amides is 2. The van der Waals surface area contributed by atoms with Crippen LogP contribution in [0.15, 0.2) is 30.5 Å². The molecule has 10 heteroatoms. The Kier molecular flexibility index (Phi) is 5.10. The first-order valence-electron chi connectivity index (χ1n) is 9.03. The maximum atomic E-state index is 12.9. The lowest BCUT2D eigenvalue weighted by atomic mass is 10.1. The minimum atomic E-state index is -4.39. The number of nitrogens with zero attached hydrogens (tertiary/aromatic N) is 2. The first-order valence-corrected chi connectivity index (χ1v) is 10.8. The van der Waals surface area contributed by atoms with Crippen LogP contribution in [-0.2, 0) is 22.2 Å². The van der Waals surface area contributed by atoms with Crippen LogP contribution < -0.4 is 5.32 Å². The third-order valence-electron chi connectivity index (χ3n) is 5.16. The fourth-order valence-corrected chi connectivity index (χ4v) is 5.99. The molecule has 0 saturated carbocycles. The molecule has 2 aliphatic heterocycles.